The first-order chi connectivity index (χ1) is 18.3. The van der Waals surface area contributed by atoms with Gasteiger partial charge in [0.25, 0.3) is 0 Å². The molecule has 3 rings (SSSR count). The maximum absolute atomic E-state index is 13.9. The quantitative estimate of drug-likeness (QED) is 0.430. The molecule has 2 amide bonds. The normalized spacial score (nSPS) is 15.4. The number of carbonyl (C=O) groups excluding carboxylic acids is 2. The van der Waals surface area contributed by atoms with Gasteiger partial charge in [0.05, 0.1) is 11.9 Å². The van der Waals surface area contributed by atoms with Crippen LogP contribution in [0.3, 0.4) is 0 Å². The number of aryl methyl sites for hydroxylation is 1. The van der Waals surface area contributed by atoms with Crippen molar-refractivity contribution in [3.63, 3.8) is 0 Å². The Balaban J connectivity index is 1.92. The summed E-state index contributed by atoms with van der Waals surface area (Å²) in [5.74, 6) is -0.585. The van der Waals surface area contributed by atoms with Gasteiger partial charge in [-0.1, -0.05) is 88.9 Å². The van der Waals surface area contributed by atoms with Crippen LogP contribution in [0, 0.1) is 6.92 Å². The summed E-state index contributed by atoms with van der Waals surface area (Å²) >= 11 is 0. The molecule has 1 saturated carbocycles. The van der Waals surface area contributed by atoms with Crippen molar-refractivity contribution in [1.82, 2.24) is 10.2 Å². The largest absolute Gasteiger partial charge is 0.352 e. The number of hydrogen-bond acceptors (Lipinski definition) is 4. The average Bonchev–Trinajstić information content (AvgIpc) is 2.86. The molecular formula is C31H45N3O4S. The first-order valence-corrected chi connectivity index (χ1v) is 15.9. The van der Waals surface area contributed by atoms with Gasteiger partial charge in [-0.15, -0.1) is 0 Å². The van der Waals surface area contributed by atoms with Crippen molar-refractivity contribution in [2.75, 3.05) is 17.1 Å². The second kappa shape index (κ2) is 13.0. The van der Waals surface area contributed by atoms with Crippen LogP contribution in [0.1, 0.15) is 82.9 Å². The molecule has 0 aliphatic heterocycles. The Morgan fingerprint density at radius 2 is 1.67 bits per heavy atom. The van der Waals surface area contributed by atoms with Gasteiger partial charge in [0.1, 0.15) is 12.6 Å². The Labute approximate surface area is 235 Å². The van der Waals surface area contributed by atoms with Crippen molar-refractivity contribution in [3.8, 4) is 0 Å². The van der Waals surface area contributed by atoms with Crippen LogP contribution in [0.15, 0.2) is 48.5 Å². The molecule has 0 bridgehead atoms. The molecule has 0 saturated heterocycles. The summed E-state index contributed by atoms with van der Waals surface area (Å²) in [5, 5.41) is 3.17. The smallest absolute Gasteiger partial charge is 0.244 e. The highest BCUT2D eigenvalue weighted by Crippen LogP contribution is 2.26. The molecule has 1 unspecified atom stereocenters. The zero-order valence-electron chi connectivity index (χ0n) is 24.4. The molecular weight excluding hydrogens is 510 g/mol. The molecule has 1 aliphatic rings. The molecule has 1 atom stereocenters. The molecule has 1 fully saturated rings. The predicted octanol–water partition coefficient (Wildman–Crippen LogP) is 5.31. The fourth-order valence-electron chi connectivity index (χ4n) is 5.21. The first-order valence-electron chi connectivity index (χ1n) is 14.0. The summed E-state index contributed by atoms with van der Waals surface area (Å²) in [6.07, 6.45) is 6.78. The minimum Gasteiger partial charge on any atom is -0.352 e. The number of sulfonamides is 1. The van der Waals surface area contributed by atoms with Crippen LogP contribution in [-0.4, -0.2) is 50.0 Å². The van der Waals surface area contributed by atoms with E-state index in [-0.39, 0.29) is 30.5 Å². The first kappa shape index (κ1) is 30.7. The standard InChI is InChI=1S/C31H45N3O4S/c1-7-28(30(36)32-26-14-9-8-10-15-26)33(21-24-13-11-12-23(2)20-24)29(35)22-34(39(6,37)38)27-18-16-25(17-19-27)31(3,4)5/h11-13,16-20,26,28H,7-10,14-15,21-22H2,1-6H3,(H,32,36). The number of rotatable bonds is 10. The van der Waals surface area contributed by atoms with Crippen LogP contribution in [0.4, 0.5) is 5.69 Å². The summed E-state index contributed by atoms with van der Waals surface area (Å²) in [5.41, 5.74) is 3.35. The molecule has 1 N–H and O–H groups in total. The van der Waals surface area contributed by atoms with Crippen molar-refractivity contribution >= 4 is 27.5 Å². The average molecular weight is 556 g/mol. The third kappa shape index (κ3) is 8.56. The number of benzene rings is 2. The number of nitrogens with one attached hydrogen (secondary N) is 1. The zero-order valence-corrected chi connectivity index (χ0v) is 25.2. The highest BCUT2D eigenvalue weighted by Gasteiger charge is 2.33. The highest BCUT2D eigenvalue weighted by atomic mass is 32.2. The van der Waals surface area contributed by atoms with E-state index >= 15 is 0 Å². The topological polar surface area (TPSA) is 86.8 Å². The van der Waals surface area contributed by atoms with Gasteiger partial charge in [0.2, 0.25) is 21.8 Å². The van der Waals surface area contributed by atoms with E-state index < -0.39 is 22.0 Å². The number of carbonyl (C=O) groups is 2. The van der Waals surface area contributed by atoms with Gasteiger partial charge >= 0.3 is 0 Å². The SMILES string of the molecule is CCC(C(=O)NC1CCCCC1)N(Cc1cccc(C)c1)C(=O)CN(c1ccc(C(C)(C)C)cc1)S(C)(=O)=O. The Bertz CT molecular complexity index is 1230. The summed E-state index contributed by atoms with van der Waals surface area (Å²) in [4.78, 5) is 29.0. The Morgan fingerprint density at radius 3 is 2.21 bits per heavy atom. The number of hydrogen-bond donors (Lipinski definition) is 1. The molecule has 1 aliphatic carbocycles. The monoisotopic (exact) mass is 555 g/mol. The molecule has 214 valence electrons. The second-order valence-corrected chi connectivity index (χ2v) is 13.8. The Morgan fingerprint density at radius 1 is 1.03 bits per heavy atom. The molecule has 7 nitrogen and oxygen atoms in total. The minimum absolute atomic E-state index is 0.0884. The number of nitrogens with zero attached hydrogens (tertiary/aromatic N) is 2. The van der Waals surface area contributed by atoms with E-state index in [1.807, 2.05) is 50.2 Å². The van der Waals surface area contributed by atoms with Gasteiger partial charge in [-0.3, -0.25) is 13.9 Å². The van der Waals surface area contributed by atoms with E-state index in [1.54, 1.807) is 17.0 Å². The van der Waals surface area contributed by atoms with Crippen molar-refractivity contribution in [3.05, 3.63) is 65.2 Å². The van der Waals surface area contributed by atoms with Gasteiger partial charge in [0, 0.05) is 12.6 Å². The number of anilines is 1. The molecule has 39 heavy (non-hydrogen) atoms. The molecule has 0 spiro atoms. The lowest BCUT2D eigenvalue weighted by atomic mass is 9.87. The van der Waals surface area contributed by atoms with Crippen LogP contribution < -0.4 is 9.62 Å². The summed E-state index contributed by atoms with van der Waals surface area (Å²) in [7, 11) is -3.76. The van der Waals surface area contributed by atoms with E-state index in [2.05, 4.69) is 26.1 Å². The zero-order chi connectivity index (χ0) is 28.8. The molecule has 0 heterocycles. The fourth-order valence-corrected chi connectivity index (χ4v) is 6.06. The molecule has 0 radical (unpaired) electrons. The number of amides is 2. The maximum atomic E-state index is 13.9. The van der Waals surface area contributed by atoms with E-state index in [0.717, 1.165) is 52.9 Å². The maximum Gasteiger partial charge on any atom is 0.244 e. The van der Waals surface area contributed by atoms with Gasteiger partial charge in [-0.05, 0) is 54.9 Å². The lowest BCUT2D eigenvalue weighted by molar-refractivity contribution is -0.140. The molecule has 2 aromatic carbocycles. The van der Waals surface area contributed by atoms with Crippen LogP contribution in [0.5, 0.6) is 0 Å². The second-order valence-electron chi connectivity index (χ2n) is 11.8. The van der Waals surface area contributed by atoms with Crippen LogP contribution >= 0.6 is 0 Å². The summed E-state index contributed by atoms with van der Waals surface area (Å²) in [6.45, 7) is 9.98. The van der Waals surface area contributed by atoms with E-state index in [9.17, 15) is 18.0 Å². The predicted molar refractivity (Wildman–Crippen MR) is 158 cm³/mol. The molecule has 2 aromatic rings. The lowest BCUT2D eigenvalue weighted by Gasteiger charge is -2.34. The Kier molecular flexibility index (Phi) is 10.2. The third-order valence-corrected chi connectivity index (χ3v) is 8.61. The third-order valence-electron chi connectivity index (χ3n) is 7.47. The van der Waals surface area contributed by atoms with Crippen LogP contribution in [-0.2, 0) is 31.6 Å². The van der Waals surface area contributed by atoms with Crippen LogP contribution in [0.2, 0.25) is 0 Å². The molecule has 0 aromatic heterocycles. The highest BCUT2D eigenvalue weighted by molar-refractivity contribution is 7.92. The van der Waals surface area contributed by atoms with E-state index in [1.165, 1.54) is 6.42 Å². The lowest BCUT2D eigenvalue weighted by Crippen LogP contribution is -2.53. The van der Waals surface area contributed by atoms with Crippen LogP contribution in [0.25, 0.3) is 0 Å². The van der Waals surface area contributed by atoms with E-state index in [4.69, 9.17) is 0 Å². The van der Waals surface area contributed by atoms with Gasteiger partial charge < -0.3 is 10.2 Å². The summed E-state index contributed by atoms with van der Waals surface area (Å²) in [6, 6.07) is 14.5. The van der Waals surface area contributed by atoms with Crippen molar-refractivity contribution in [2.24, 2.45) is 0 Å². The van der Waals surface area contributed by atoms with Crippen molar-refractivity contribution in [2.45, 2.75) is 97.2 Å². The molecule has 8 heteroatoms. The van der Waals surface area contributed by atoms with Gasteiger partial charge in [0.15, 0.2) is 0 Å². The fraction of sp³-hybridized carbons (Fsp3) is 0.548. The Hall–Kier alpha value is -2.87. The van der Waals surface area contributed by atoms with E-state index in [0.29, 0.717) is 12.1 Å². The van der Waals surface area contributed by atoms with Gasteiger partial charge in [-0.2, -0.15) is 0 Å². The van der Waals surface area contributed by atoms with Crippen molar-refractivity contribution in [1.29, 1.82) is 0 Å². The summed E-state index contributed by atoms with van der Waals surface area (Å²) < 4.78 is 26.9. The van der Waals surface area contributed by atoms with Crippen molar-refractivity contribution < 1.29 is 18.0 Å². The minimum atomic E-state index is -3.76. The van der Waals surface area contributed by atoms with Gasteiger partial charge in [-0.25, -0.2) is 8.42 Å².